The maximum atomic E-state index is 13.3. The van der Waals surface area contributed by atoms with Gasteiger partial charge in [-0.3, -0.25) is 14.4 Å². The summed E-state index contributed by atoms with van der Waals surface area (Å²) in [6.45, 7) is 1.37. The van der Waals surface area contributed by atoms with Crippen LogP contribution in [0.2, 0.25) is 5.02 Å². The summed E-state index contributed by atoms with van der Waals surface area (Å²) in [4.78, 5) is 37.2. The van der Waals surface area contributed by atoms with E-state index in [0.717, 1.165) is 6.07 Å². The summed E-state index contributed by atoms with van der Waals surface area (Å²) in [5.41, 5.74) is 0.478. The van der Waals surface area contributed by atoms with Gasteiger partial charge in [-0.15, -0.1) is 0 Å². The topological polar surface area (TPSA) is 80.2 Å². The number of Topliss-reactive ketones (excluding diaryl/α,β-unsaturated/α-hetero) is 1. The maximum Gasteiger partial charge on any atom is 0.294 e. The first-order valence-electron chi connectivity index (χ1n) is 8.61. The molecule has 30 heavy (non-hydrogen) atoms. The highest BCUT2D eigenvalue weighted by atomic mass is 35.5. The van der Waals surface area contributed by atoms with Crippen molar-refractivity contribution in [2.45, 2.75) is 26.3 Å². The second kappa shape index (κ2) is 9.29. The lowest BCUT2D eigenvalue weighted by molar-refractivity contribution is -0.119. The average molecular weight is 448 g/mol. The SMILES string of the molecule is Cc1c(C(=O)Nc2ccc(F)c(Cl)c2)c(C)n(C)c1C(=O)C(=O)NC(CF)C(F)F. The molecule has 2 aromatic rings. The molecule has 0 saturated carbocycles. The van der Waals surface area contributed by atoms with Gasteiger partial charge in [0.15, 0.2) is 0 Å². The van der Waals surface area contributed by atoms with Gasteiger partial charge in [0, 0.05) is 18.4 Å². The number of rotatable bonds is 7. The lowest BCUT2D eigenvalue weighted by Crippen LogP contribution is -2.45. The highest BCUT2D eigenvalue weighted by Crippen LogP contribution is 2.25. The Morgan fingerprint density at radius 1 is 1.20 bits per heavy atom. The molecule has 2 rings (SSSR count). The fourth-order valence-electron chi connectivity index (χ4n) is 2.91. The number of benzene rings is 1. The number of nitrogens with one attached hydrogen (secondary N) is 2. The molecule has 2 N–H and O–H groups in total. The lowest BCUT2D eigenvalue weighted by atomic mass is 10.1. The fourth-order valence-corrected chi connectivity index (χ4v) is 3.09. The number of hydrogen-bond acceptors (Lipinski definition) is 3. The molecule has 0 aliphatic rings. The van der Waals surface area contributed by atoms with Crippen molar-refractivity contribution >= 4 is 34.9 Å². The van der Waals surface area contributed by atoms with Gasteiger partial charge in [-0.2, -0.15) is 0 Å². The predicted octanol–water partition coefficient (Wildman–Crippen LogP) is 3.59. The zero-order valence-corrected chi connectivity index (χ0v) is 16.9. The first-order valence-corrected chi connectivity index (χ1v) is 8.98. The van der Waals surface area contributed by atoms with Gasteiger partial charge in [0.1, 0.15) is 18.5 Å². The van der Waals surface area contributed by atoms with E-state index in [2.05, 4.69) is 5.32 Å². The number of carbonyl (C=O) groups is 3. The molecule has 1 heterocycles. The number of aromatic nitrogens is 1. The van der Waals surface area contributed by atoms with E-state index in [9.17, 15) is 31.9 Å². The minimum atomic E-state index is -3.19. The highest BCUT2D eigenvalue weighted by molar-refractivity contribution is 6.43. The molecule has 1 unspecified atom stereocenters. The van der Waals surface area contributed by atoms with Gasteiger partial charge in [0.2, 0.25) is 0 Å². The molecule has 0 aliphatic carbocycles. The molecule has 2 amide bonds. The quantitative estimate of drug-likeness (QED) is 0.387. The van der Waals surface area contributed by atoms with Gasteiger partial charge >= 0.3 is 0 Å². The molecule has 1 aromatic carbocycles. The van der Waals surface area contributed by atoms with Crippen LogP contribution in [0.4, 0.5) is 23.2 Å². The van der Waals surface area contributed by atoms with Crippen molar-refractivity contribution in [2.24, 2.45) is 7.05 Å². The van der Waals surface area contributed by atoms with Crippen LogP contribution in [-0.2, 0) is 11.8 Å². The van der Waals surface area contributed by atoms with Gasteiger partial charge in [0.25, 0.3) is 24.0 Å². The van der Waals surface area contributed by atoms with Crippen LogP contribution in [-0.4, -0.2) is 41.3 Å². The Labute approximate surface area is 174 Å². The average Bonchev–Trinajstić information content (AvgIpc) is 2.90. The van der Waals surface area contributed by atoms with Crippen molar-refractivity contribution in [1.29, 1.82) is 0 Å². The summed E-state index contributed by atoms with van der Waals surface area (Å²) >= 11 is 5.69. The van der Waals surface area contributed by atoms with Gasteiger partial charge in [-0.25, -0.2) is 17.6 Å². The molecule has 1 aromatic heterocycles. The summed E-state index contributed by atoms with van der Waals surface area (Å²) in [7, 11) is 1.41. The van der Waals surface area contributed by atoms with Crippen LogP contribution in [0.3, 0.4) is 0 Å². The number of halogens is 5. The van der Waals surface area contributed by atoms with Crippen LogP contribution in [0.15, 0.2) is 18.2 Å². The van der Waals surface area contributed by atoms with Crippen LogP contribution in [0.1, 0.15) is 32.1 Å². The van der Waals surface area contributed by atoms with Crippen molar-refractivity contribution < 1.29 is 31.9 Å². The molecular weight excluding hydrogens is 430 g/mol. The Balaban J connectivity index is 2.33. The minimum Gasteiger partial charge on any atom is -0.344 e. The number of hydrogen-bond donors (Lipinski definition) is 2. The van der Waals surface area contributed by atoms with E-state index in [1.54, 1.807) is 5.32 Å². The summed E-state index contributed by atoms with van der Waals surface area (Å²) in [5.74, 6) is -3.94. The smallest absolute Gasteiger partial charge is 0.294 e. The second-order valence-corrected chi connectivity index (χ2v) is 6.88. The van der Waals surface area contributed by atoms with E-state index in [-0.39, 0.29) is 27.5 Å². The molecule has 1 atom stereocenters. The van der Waals surface area contributed by atoms with Crippen LogP contribution in [0.25, 0.3) is 0 Å². The number of amides is 2. The summed E-state index contributed by atoms with van der Waals surface area (Å²) in [6.07, 6.45) is -3.19. The molecule has 0 fully saturated rings. The third-order valence-corrected chi connectivity index (χ3v) is 4.83. The summed E-state index contributed by atoms with van der Waals surface area (Å²) in [5, 5.41) is 3.95. The standard InChI is InChI=1S/C19H18ClF4N3O3/c1-8-14(18(29)25-10-4-5-12(22)11(20)6-10)9(2)27(3)15(8)16(28)19(30)26-13(7-21)17(23)24/h4-6,13,17H,7H2,1-3H3,(H,25,29)(H,26,30). The van der Waals surface area contributed by atoms with Crippen LogP contribution < -0.4 is 10.6 Å². The molecule has 0 spiro atoms. The van der Waals surface area contributed by atoms with Crippen molar-refractivity contribution in [3.63, 3.8) is 0 Å². The first-order chi connectivity index (χ1) is 14.0. The van der Waals surface area contributed by atoms with Crippen molar-refractivity contribution in [3.05, 3.63) is 51.6 Å². The Bertz CT molecular complexity index is 1010. The maximum absolute atomic E-state index is 13.3. The first kappa shape index (κ1) is 23.4. The Kier molecular flexibility index (Phi) is 7.25. The number of anilines is 1. The summed E-state index contributed by atoms with van der Waals surface area (Å²) < 4.78 is 52.5. The second-order valence-electron chi connectivity index (χ2n) is 6.47. The third kappa shape index (κ3) is 4.64. The Hall–Kier alpha value is -2.88. The molecule has 0 bridgehead atoms. The van der Waals surface area contributed by atoms with E-state index in [1.807, 2.05) is 0 Å². The van der Waals surface area contributed by atoms with Crippen molar-refractivity contribution in [1.82, 2.24) is 9.88 Å². The number of alkyl halides is 3. The van der Waals surface area contributed by atoms with Crippen LogP contribution in [0, 0.1) is 19.7 Å². The van der Waals surface area contributed by atoms with Crippen molar-refractivity contribution in [2.75, 3.05) is 12.0 Å². The van der Waals surface area contributed by atoms with E-state index in [1.165, 1.54) is 37.6 Å². The van der Waals surface area contributed by atoms with Gasteiger partial charge in [-0.1, -0.05) is 11.6 Å². The largest absolute Gasteiger partial charge is 0.344 e. The Morgan fingerprint density at radius 3 is 2.37 bits per heavy atom. The number of ketones is 1. The molecular formula is C19H18ClF4N3O3. The van der Waals surface area contributed by atoms with Gasteiger partial charge < -0.3 is 15.2 Å². The molecule has 162 valence electrons. The van der Waals surface area contributed by atoms with E-state index < -0.39 is 42.6 Å². The van der Waals surface area contributed by atoms with Crippen LogP contribution >= 0.6 is 11.6 Å². The normalized spacial score (nSPS) is 12.0. The fraction of sp³-hybridized carbons (Fsp3) is 0.316. The zero-order valence-electron chi connectivity index (χ0n) is 16.2. The lowest BCUT2D eigenvalue weighted by Gasteiger charge is -2.14. The summed E-state index contributed by atoms with van der Waals surface area (Å²) in [6, 6.07) is 1.43. The highest BCUT2D eigenvalue weighted by Gasteiger charge is 2.31. The van der Waals surface area contributed by atoms with E-state index in [0.29, 0.717) is 5.69 Å². The van der Waals surface area contributed by atoms with Gasteiger partial charge in [0.05, 0.1) is 16.3 Å². The van der Waals surface area contributed by atoms with Crippen molar-refractivity contribution in [3.8, 4) is 0 Å². The molecule has 11 heteroatoms. The van der Waals surface area contributed by atoms with E-state index >= 15 is 0 Å². The Morgan fingerprint density at radius 2 is 1.83 bits per heavy atom. The number of carbonyl (C=O) groups excluding carboxylic acids is 3. The molecule has 0 radical (unpaired) electrons. The minimum absolute atomic E-state index is 0.0602. The number of nitrogens with zero attached hydrogens (tertiary/aromatic N) is 1. The van der Waals surface area contributed by atoms with E-state index in [4.69, 9.17) is 11.6 Å². The predicted molar refractivity (Wildman–Crippen MR) is 102 cm³/mol. The van der Waals surface area contributed by atoms with Crippen LogP contribution in [0.5, 0.6) is 0 Å². The zero-order chi connectivity index (χ0) is 22.7. The van der Waals surface area contributed by atoms with Gasteiger partial charge in [-0.05, 0) is 37.6 Å². The monoisotopic (exact) mass is 447 g/mol. The molecule has 0 saturated heterocycles. The molecule has 6 nitrogen and oxygen atoms in total. The molecule has 0 aliphatic heterocycles. The third-order valence-electron chi connectivity index (χ3n) is 4.54.